The highest BCUT2D eigenvalue weighted by Gasteiger charge is 2.14. The number of carboxylic acid groups (broad SMARTS) is 1. The molecule has 2 N–H and O–H groups in total. The first-order valence-corrected chi connectivity index (χ1v) is 5.12. The number of hydrogen-bond acceptors (Lipinski definition) is 3. The van der Waals surface area contributed by atoms with Crippen molar-refractivity contribution >= 4 is 16.9 Å². The molecule has 0 unspecified atom stereocenters. The van der Waals surface area contributed by atoms with E-state index in [9.17, 15) is 9.18 Å². The number of benzene rings is 1. The number of aromatic amines is 1. The Bertz CT molecular complexity index is 745. The molecule has 0 saturated heterocycles. The first-order chi connectivity index (χ1) is 8.65. The first-order valence-electron chi connectivity index (χ1n) is 5.12. The lowest BCUT2D eigenvalue weighted by Crippen LogP contribution is -1.94. The van der Waals surface area contributed by atoms with Crippen molar-refractivity contribution in [3.8, 4) is 11.5 Å². The van der Waals surface area contributed by atoms with Gasteiger partial charge < -0.3 is 14.5 Å². The highest BCUT2D eigenvalue weighted by molar-refractivity contribution is 5.86. The van der Waals surface area contributed by atoms with E-state index in [-0.39, 0.29) is 11.6 Å². The number of oxazole rings is 1. The molecule has 0 spiro atoms. The quantitative estimate of drug-likeness (QED) is 0.728. The normalized spacial score (nSPS) is 10.9. The van der Waals surface area contributed by atoms with E-state index in [1.54, 1.807) is 18.2 Å². The van der Waals surface area contributed by atoms with Crippen molar-refractivity contribution in [3.63, 3.8) is 0 Å². The number of nitrogens with one attached hydrogen (secondary N) is 1. The van der Waals surface area contributed by atoms with Crippen LogP contribution < -0.4 is 0 Å². The fourth-order valence-electron chi connectivity index (χ4n) is 1.75. The van der Waals surface area contributed by atoms with Crippen molar-refractivity contribution in [2.24, 2.45) is 0 Å². The van der Waals surface area contributed by atoms with Crippen LogP contribution in [0.15, 0.2) is 34.9 Å². The third-order valence-electron chi connectivity index (χ3n) is 2.56. The summed E-state index contributed by atoms with van der Waals surface area (Å²) in [5.74, 6) is -1.77. The van der Waals surface area contributed by atoms with Crippen LogP contribution in [0.4, 0.5) is 4.39 Å². The number of rotatable bonds is 2. The van der Waals surface area contributed by atoms with E-state index in [0.29, 0.717) is 16.6 Å². The molecule has 6 heteroatoms. The van der Waals surface area contributed by atoms with Gasteiger partial charge >= 0.3 is 11.9 Å². The molecular formula is C12H7FN2O3. The number of aromatic carboxylic acids is 1. The number of para-hydroxylation sites is 1. The molecule has 0 atom stereocenters. The summed E-state index contributed by atoms with van der Waals surface area (Å²) in [7, 11) is 0. The minimum Gasteiger partial charge on any atom is -0.474 e. The predicted octanol–water partition coefficient (Wildman–Crippen LogP) is 2.66. The molecule has 5 nitrogen and oxygen atoms in total. The van der Waals surface area contributed by atoms with Gasteiger partial charge in [-0.1, -0.05) is 12.1 Å². The summed E-state index contributed by atoms with van der Waals surface area (Å²) >= 11 is 0. The summed E-state index contributed by atoms with van der Waals surface area (Å²) in [6.45, 7) is 0. The van der Waals surface area contributed by atoms with E-state index < -0.39 is 11.9 Å². The van der Waals surface area contributed by atoms with Crippen LogP contribution in [0.25, 0.3) is 22.4 Å². The topological polar surface area (TPSA) is 79.1 Å². The third kappa shape index (κ3) is 1.55. The third-order valence-corrected chi connectivity index (χ3v) is 2.56. The van der Waals surface area contributed by atoms with Gasteiger partial charge in [0, 0.05) is 5.39 Å². The molecule has 0 aliphatic rings. The molecule has 0 fully saturated rings. The molecule has 1 aromatic carbocycles. The van der Waals surface area contributed by atoms with Crippen LogP contribution in [0, 0.1) is 5.82 Å². The zero-order valence-electron chi connectivity index (χ0n) is 8.98. The second-order valence-electron chi connectivity index (χ2n) is 3.72. The van der Waals surface area contributed by atoms with E-state index in [0.717, 1.165) is 0 Å². The van der Waals surface area contributed by atoms with Gasteiger partial charge in [0.2, 0.25) is 0 Å². The SMILES string of the molecule is O=C(O)c1ncc(-c2cc3cccc(F)c3[nH]2)o1. The highest BCUT2D eigenvalue weighted by atomic mass is 19.1. The number of nitrogens with zero attached hydrogens (tertiary/aromatic N) is 1. The Balaban J connectivity index is 2.13. The molecule has 2 aromatic heterocycles. The van der Waals surface area contributed by atoms with E-state index >= 15 is 0 Å². The lowest BCUT2D eigenvalue weighted by Gasteiger charge is -1.90. The van der Waals surface area contributed by atoms with Crippen molar-refractivity contribution in [2.45, 2.75) is 0 Å². The Morgan fingerprint density at radius 2 is 2.28 bits per heavy atom. The number of fused-ring (bicyclic) bond motifs is 1. The van der Waals surface area contributed by atoms with Crippen molar-refractivity contribution in [1.29, 1.82) is 0 Å². The minimum atomic E-state index is -1.25. The highest BCUT2D eigenvalue weighted by Crippen LogP contribution is 2.26. The molecule has 0 saturated carbocycles. The zero-order valence-corrected chi connectivity index (χ0v) is 8.98. The average Bonchev–Trinajstić information content (AvgIpc) is 2.95. The monoisotopic (exact) mass is 246 g/mol. The Labute approximate surface area is 99.9 Å². The van der Waals surface area contributed by atoms with Crippen LogP contribution in [0.3, 0.4) is 0 Å². The van der Waals surface area contributed by atoms with Crippen LogP contribution in [0.2, 0.25) is 0 Å². The van der Waals surface area contributed by atoms with Gasteiger partial charge in [-0.05, 0) is 12.1 Å². The summed E-state index contributed by atoms with van der Waals surface area (Å²) in [6.07, 6.45) is 1.28. The number of aromatic nitrogens is 2. The molecule has 0 bridgehead atoms. The zero-order chi connectivity index (χ0) is 12.7. The van der Waals surface area contributed by atoms with Gasteiger partial charge in [0.1, 0.15) is 5.82 Å². The lowest BCUT2D eigenvalue weighted by molar-refractivity contribution is 0.0654. The van der Waals surface area contributed by atoms with Crippen LogP contribution in [0.1, 0.15) is 10.7 Å². The van der Waals surface area contributed by atoms with Gasteiger partial charge in [-0.15, -0.1) is 0 Å². The van der Waals surface area contributed by atoms with E-state index in [2.05, 4.69) is 9.97 Å². The van der Waals surface area contributed by atoms with Gasteiger partial charge in [0.25, 0.3) is 0 Å². The van der Waals surface area contributed by atoms with Crippen LogP contribution in [-0.2, 0) is 0 Å². The maximum absolute atomic E-state index is 13.5. The Morgan fingerprint density at radius 3 is 2.94 bits per heavy atom. The predicted molar refractivity (Wildman–Crippen MR) is 60.7 cm³/mol. The fourth-order valence-corrected chi connectivity index (χ4v) is 1.75. The maximum Gasteiger partial charge on any atom is 0.392 e. The van der Waals surface area contributed by atoms with Crippen molar-refractivity contribution in [3.05, 3.63) is 42.2 Å². The molecule has 0 aliphatic heterocycles. The van der Waals surface area contributed by atoms with Gasteiger partial charge in [-0.2, -0.15) is 0 Å². The second kappa shape index (κ2) is 3.69. The van der Waals surface area contributed by atoms with Crippen molar-refractivity contribution in [1.82, 2.24) is 9.97 Å². The summed E-state index contributed by atoms with van der Waals surface area (Å²) in [5.41, 5.74) is 0.830. The van der Waals surface area contributed by atoms with E-state index in [1.165, 1.54) is 12.3 Å². The molecule has 3 rings (SSSR count). The summed E-state index contributed by atoms with van der Waals surface area (Å²) in [6, 6.07) is 6.35. The van der Waals surface area contributed by atoms with Crippen molar-refractivity contribution in [2.75, 3.05) is 0 Å². The second-order valence-corrected chi connectivity index (χ2v) is 3.72. The molecule has 90 valence electrons. The van der Waals surface area contributed by atoms with Crippen LogP contribution >= 0.6 is 0 Å². The summed E-state index contributed by atoms with van der Waals surface area (Å²) < 4.78 is 18.5. The standard InChI is InChI=1S/C12H7FN2O3/c13-7-3-1-2-6-4-8(15-10(6)7)9-5-14-11(18-9)12(16)17/h1-5,15H,(H,16,17). The van der Waals surface area contributed by atoms with Crippen LogP contribution in [0.5, 0.6) is 0 Å². The number of carbonyl (C=O) groups is 1. The maximum atomic E-state index is 13.5. The number of carboxylic acids is 1. The molecule has 0 amide bonds. The summed E-state index contributed by atoms with van der Waals surface area (Å²) in [5, 5.41) is 9.38. The minimum absolute atomic E-state index is 0.253. The van der Waals surface area contributed by atoms with Crippen LogP contribution in [-0.4, -0.2) is 21.0 Å². The molecule has 0 radical (unpaired) electrons. The molecular weight excluding hydrogens is 239 g/mol. The number of hydrogen-bond donors (Lipinski definition) is 2. The van der Waals surface area contributed by atoms with Gasteiger partial charge in [0.15, 0.2) is 5.76 Å². The van der Waals surface area contributed by atoms with Gasteiger partial charge in [0.05, 0.1) is 17.4 Å². The molecule has 0 aliphatic carbocycles. The first kappa shape index (κ1) is 10.5. The molecule has 18 heavy (non-hydrogen) atoms. The smallest absolute Gasteiger partial charge is 0.392 e. The fraction of sp³-hybridized carbons (Fsp3) is 0. The van der Waals surface area contributed by atoms with E-state index in [4.69, 9.17) is 9.52 Å². The number of halogens is 1. The average molecular weight is 246 g/mol. The largest absolute Gasteiger partial charge is 0.474 e. The van der Waals surface area contributed by atoms with Gasteiger partial charge in [-0.25, -0.2) is 14.2 Å². The Morgan fingerprint density at radius 1 is 1.44 bits per heavy atom. The summed E-state index contributed by atoms with van der Waals surface area (Å²) in [4.78, 5) is 17.1. The molecule has 3 aromatic rings. The Kier molecular flexibility index (Phi) is 2.16. The lowest BCUT2D eigenvalue weighted by atomic mass is 10.2. The molecule has 2 heterocycles. The van der Waals surface area contributed by atoms with Crippen molar-refractivity contribution < 1.29 is 18.7 Å². The Hall–Kier alpha value is -2.63. The number of H-pyrrole nitrogens is 1. The van der Waals surface area contributed by atoms with Gasteiger partial charge in [-0.3, -0.25) is 0 Å². The van der Waals surface area contributed by atoms with E-state index in [1.807, 2.05) is 0 Å².